The van der Waals surface area contributed by atoms with E-state index < -0.39 is 0 Å². The van der Waals surface area contributed by atoms with Gasteiger partial charge >= 0.3 is 0 Å². The minimum Gasteiger partial charge on any atom is -0.312 e. The highest BCUT2D eigenvalue weighted by Gasteiger charge is 2.31. The van der Waals surface area contributed by atoms with Crippen molar-refractivity contribution in [1.29, 1.82) is 0 Å². The third kappa shape index (κ3) is 4.09. The molecule has 18 heavy (non-hydrogen) atoms. The summed E-state index contributed by atoms with van der Waals surface area (Å²) >= 11 is 0. The average molecular weight is 254 g/mol. The van der Waals surface area contributed by atoms with E-state index in [9.17, 15) is 9.59 Å². The van der Waals surface area contributed by atoms with Crippen LogP contribution in [0.3, 0.4) is 0 Å². The summed E-state index contributed by atoms with van der Waals surface area (Å²) in [5, 5.41) is 3.39. The first-order valence-electron chi connectivity index (χ1n) is 6.93. The topological polar surface area (TPSA) is 49.4 Å². The lowest BCUT2D eigenvalue weighted by atomic mass is 9.86. The summed E-state index contributed by atoms with van der Waals surface area (Å²) < 4.78 is 0. The van der Waals surface area contributed by atoms with Crippen LogP contribution in [0.1, 0.15) is 53.4 Å². The van der Waals surface area contributed by atoms with Gasteiger partial charge in [-0.3, -0.25) is 14.5 Å². The lowest BCUT2D eigenvalue weighted by Crippen LogP contribution is -2.51. The Kier molecular flexibility index (Phi) is 5.32. The summed E-state index contributed by atoms with van der Waals surface area (Å²) in [6.07, 6.45) is 2.69. The number of nitrogens with zero attached hydrogens (tertiary/aromatic N) is 1. The van der Waals surface area contributed by atoms with E-state index >= 15 is 0 Å². The number of rotatable bonds is 4. The molecule has 104 valence electrons. The van der Waals surface area contributed by atoms with Gasteiger partial charge in [-0.15, -0.1) is 0 Å². The van der Waals surface area contributed by atoms with Gasteiger partial charge in [0.25, 0.3) is 0 Å². The third-order valence-electron chi connectivity index (χ3n) is 3.49. The maximum Gasteiger partial charge on any atom is 0.229 e. The summed E-state index contributed by atoms with van der Waals surface area (Å²) in [7, 11) is 0. The Bertz CT molecular complexity index is 289. The third-order valence-corrected chi connectivity index (χ3v) is 3.49. The maximum atomic E-state index is 12.0. The Morgan fingerprint density at radius 3 is 2.06 bits per heavy atom. The van der Waals surface area contributed by atoms with E-state index in [-0.39, 0.29) is 23.3 Å². The largest absolute Gasteiger partial charge is 0.312 e. The fraction of sp³-hybridized carbons (Fsp3) is 0.857. The van der Waals surface area contributed by atoms with Crippen LogP contribution < -0.4 is 5.32 Å². The van der Waals surface area contributed by atoms with Crippen molar-refractivity contribution in [3.63, 3.8) is 0 Å². The van der Waals surface area contributed by atoms with Crippen LogP contribution in [0.4, 0.5) is 0 Å². The minimum atomic E-state index is -0.00958. The second kappa shape index (κ2) is 6.32. The molecular formula is C14H26N2O2. The van der Waals surface area contributed by atoms with E-state index in [0.29, 0.717) is 19.4 Å². The molecule has 1 N–H and O–H groups in total. The number of hydrogen-bond donors (Lipinski definition) is 1. The number of amides is 2. The van der Waals surface area contributed by atoms with Crippen molar-refractivity contribution in [1.82, 2.24) is 10.2 Å². The van der Waals surface area contributed by atoms with Gasteiger partial charge in [0.2, 0.25) is 11.8 Å². The summed E-state index contributed by atoms with van der Waals surface area (Å²) in [5.74, 6) is -0.0192. The maximum absolute atomic E-state index is 12.0. The van der Waals surface area contributed by atoms with Crippen molar-refractivity contribution < 1.29 is 9.59 Å². The highest BCUT2D eigenvalue weighted by Crippen LogP contribution is 2.22. The molecule has 1 aliphatic rings. The Labute approximate surface area is 110 Å². The van der Waals surface area contributed by atoms with Crippen molar-refractivity contribution in [3.05, 3.63) is 0 Å². The first-order valence-corrected chi connectivity index (χ1v) is 6.93. The van der Waals surface area contributed by atoms with E-state index in [1.54, 1.807) is 0 Å². The molecule has 0 saturated carbocycles. The Morgan fingerprint density at radius 2 is 1.67 bits per heavy atom. The fourth-order valence-electron chi connectivity index (χ4n) is 2.24. The molecule has 1 aliphatic heterocycles. The van der Waals surface area contributed by atoms with Gasteiger partial charge < -0.3 is 5.32 Å². The first-order chi connectivity index (χ1) is 8.36. The molecule has 4 nitrogen and oxygen atoms in total. The Morgan fingerprint density at radius 1 is 1.17 bits per heavy atom. The van der Waals surface area contributed by atoms with E-state index in [4.69, 9.17) is 0 Å². The summed E-state index contributed by atoms with van der Waals surface area (Å²) in [6, 6.07) is 0.147. The highest BCUT2D eigenvalue weighted by atomic mass is 16.2. The minimum absolute atomic E-state index is 0.00958. The number of imide groups is 1. The molecule has 0 spiro atoms. The molecule has 0 radical (unpaired) electrons. The van der Waals surface area contributed by atoms with Crippen LogP contribution >= 0.6 is 0 Å². The highest BCUT2D eigenvalue weighted by molar-refractivity contribution is 5.96. The van der Waals surface area contributed by atoms with E-state index in [1.807, 2.05) is 6.92 Å². The predicted molar refractivity (Wildman–Crippen MR) is 72.1 cm³/mol. The molecule has 0 aliphatic carbocycles. The first kappa shape index (κ1) is 15.2. The second-order valence-electron chi connectivity index (χ2n) is 6.08. The average Bonchev–Trinajstić information content (AvgIpc) is 2.41. The van der Waals surface area contributed by atoms with Crippen LogP contribution in [0.25, 0.3) is 0 Å². The molecule has 0 aromatic rings. The van der Waals surface area contributed by atoms with E-state index in [1.165, 1.54) is 4.90 Å². The summed E-state index contributed by atoms with van der Waals surface area (Å²) in [5.41, 5.74) is 0.0306. The van der Waals surface area contributed by atoms with Crippen molar-refractivity contribution in [2.75, 3.05) is 13.1 Å². The van der Waals surface area contributed by atoms with E-state index in [0.717, 1.165) is 19.4 Å². The van der Waals surface area contributed by atoms with Crippen molar-refractivity contribution >= 4 is 11.8 Å². The number of likely N-dealkylation sites (tertiary alicyclic amines) is 1. The number of carbonyl (C=O) groups is 2. The fourth-order valence-corrected chi connectivity index (χ4v) is 2.24. The number of nitrogens with one attached hydrogen (secondary N) is 1. The molecule has 1 rings (SSSR count). The van der Waals surface area contributed by atoms with Crippen LogP contribution in [0, 0.1) is 5.41 Å². The quantitative estimate of drug-likeness (QED) is 0.780. The van der Waals surface area contributed by atoms with Gasteiger partial charge in [0.05, 0.1) is 0 Å². The SMILES string of the molecule is CCNC(CN1C(=O)CCCCC1=O)C(C)(C)C. The molecule has 0 bridgehead atoms. The Balaban J connectivity index is 2.77. The van der Waals surface area contributed by atoms with Crippen molar-refractivity contribution in [2.24, 2.45) is 5.41 Å². The van der Waals surface area contributed by atoms with Gasteiger partial charge in [-0.2, -0.15) is 0 Å². The van der Waals surface area contributed by atoms with Crippen molar-refractivity contribution in [3.8, 4) is 0 Å². The molecule has 1 saturated heterocycles. The predicted octanol–water partition coefficient (Wildman–Crippen LogP) is 1.94. The molecule has 4 heteroatoms. The molecule has 0 aromatic carbocycles. The molecule has 1 heterocycles. The van der Waals surface area contributed by atoms with Crippen LogP contribution in [0.2, 0.25) is 0 Å². The zero-order valence-electron chi connectivity index (χ0n) is 12.1. The lowest BCUT2D eigenvalue weighted by molar-refractivity contribution is -0.144. The van der Waals surface area contributed by atoms with Crippen LogP contribution in [-0.2, 0) is 9.59 Å². The zero-order valence-corrected chi connectivity index (χ0v) is 12.1. The van der Waals surface area contributed by atoms with Gasteiger partial charge in [0, 0.05) is 25.4 Å². The summed E-state index contributed by atoms with van der Waals surface area (Å²) in [4.78, 5) is 25.4. The molecule has 1 fully saturated rings. The number of hydrogen-bond acceptors (Lipinski definition) is 3. The summed E-state index contributed by atoms with van der Waals surface area (Å²) in [6.45, 7) is 9.78. The number of likely N-dealkylation sites (N-methyl/N-ethyl adjacent to an activating group) is 1. The zero-order chi connectivity index (χ0) is 13.8. The Hall–Kier alpha value is -0.900. The number of carbonyl (C=O) groups excluding carboxylic acids is 2. The van der Waals surface area contributed by atoms with Crippen LogP contribution in [0.5, 0.6) is 0 Å². The van der Waals surface area contributed by atoms with Crippen LogP contribution in [0.15, 0.2) is 0 Å². The van der Waals surface area contributed by atoms with Crippen molar-refractivity contribution in [2.45, 2.75) is 59.4 Å². The molecule has 1 unspecified atom stereocenters. The van der Waals surface area contributed by atoms with Gasteiger partial charge in [0.15, 0.2) is 0 Å². The van der Waals surface area contributed by atoms with Gasteiger partial charge in [0.1, 0.15) is 0 Å². The van der Waals surface area contributed by atoms with Gasteiger partial charge in [-0.25, -0.2) is 0 Å². The monoisotopic (exact) mass is 254 g/mol. The van der Waals surface area contributed by atoms with E-state index in [2.05, 4.69) is 26.1 Å². The smallest absolute Gasteiger partial charge is 0.229 e. The normalized spacial score (nSPS) is 19.9. The molecule has 2 amide bonds. The standard InChI is InChI=1S/C14H26N2O2/c1-5-15-11(14(2,3)4)10-16-12(17)8-6-7-9-13(16)18/h11,15H,5-10H2,1-4H3. The lowest BCUT2D eigenvalue weighted by Gasteiger charge is -2.34. The molecule has 1 atom stereocenters. The van der Waals surface area contributed by atoms with Crippen LogP contribution in [-0.4, -0.2) is 35.8 Å². The van der Waals surface area contributed by atoms with Gasteiger partial charge in [-0.05, 0) is 24.8 Å². The second-order valence-corrected chi connectivity index (χ2v) is 6.08. The molecular weight excluding hydrogens is 228 g/mol. The van der Waals surface area contributed by atoms with Gasteiger partial charge in [-0.1, -0.05) is 27.7 Å². The molecule has 0 aromatic heterocycles.